The second-order valence-corrected chi connectivity index (χ2v) is 8.50. The van der Waals surface area contributed by atoms with Gasteiger partial charge in [-0.2, -0.15) is 5.26 Å². The molecular weight excluding hydrogens is 418 g/mol. The number of nitriles is 1. The third kappa shape index (κ3) is 6.78. The molecule has 7 heteroatoms. The third-order valence-electron chi connectivity index (χ3n) is 5.72. The average Bonchev–Trinajstić information content (AvgIpc) is 2.80. The van der Waals surface area contributed by atoms with E-state index in [9.17, 15) is 20.3 Å². The van der Waals surface area contributed by atoms with E-state index in [0.717, 1.165) is 42.3 Å². The molecule has 0 aromatic heterocycles. The minimum absolute atomic E-state index is 0.0139. The van der Waals surface area contributed by atoms with Gasteiger partial charge in [-0.05, 0) is 53.5 Å². The van der Waals surface area contributed by atoms with E-state index >= 15 is 0 Å². The molecule has 0 saturated carbocycles. The number of nitrogens with one attached hydrogen (secondary N) is 1. The molecule has 176 valence electrons. The molecule has 3 rings (SSSR count). The lowest BCUT2D eigenvalue weighted by Gasteiger charge is -2.30. The predicted octanol–water partition coefficient (Wildman–Crippen LogP) is 3.35. The first-order valence-electron chi connectivity index (χ1n) is 11.6. The van der Waals surface area contributed by atoms with Crippen LogP contribution >= 0.6 is 0 Å². The highest BCUT2D eigenvalue weighted by molar-refractivity contribution is 6.02. The fraction of sp³-hybridized carbons (Fsp3) is 0.462. The van der Waals surface area contributed by atoms with Gasteiger partial charge in [-0.1, -0.05) is 32.0 Å². The Morgan fingerprint density at radius 2 is 1.85 bits per heavy atom. The van der Waals surface area contributed by atoms with E-state index in [2.05, 4.69) is 42.3 Å². The van der Waals surface area contributed by atoms with Crippen molar-refractivity contribution in [2.75, 3.05) is 24.5 Å². The van der Waals surface area contributed by atoms with Crippen molar-refractivity contribution < 1.29 is 19.7 Å². The van der Waals surface area contributed by atoms with E-state index in [1.807, 2.05) is 24.3 Å². The highest BCUT2D eigenvalue weighted by Crippen LogP contribution is 2.25. The number of amides is 1. The van der Waals surface area contributed by atoms with Crippen LogP contribution in [0, 0.1) is 11.3 Å². The van der Waals surface area contributed by atoms with Crippen molar-refractivity contribution in [3.63, 3.8) is 0 Å². The van der Waals surface area contributed by atoms with E-state index in [1.165, 1.54) is 5.69 Å². The summed E-state index contributed by atoms with van der Waals surface area (Å²) in [6, 6.07) is 14.2. The van der Waals surface area contributed by atoms with Crippen LogP contribution in [0.2, 0.25) is 0 Å². The lowest BCUT2D eigenvalue weighted by molar-refractivity contribution is -0.187. The number of hydrogen-bond acceptors (Lipinski definition) is 6. The molecule has 7 nitrogen and oxygen atoms in total. The number of rotatable bonds is 9. The van der Waals surface area contributed by atoms with Gasteiger partial charge in [-0.25, -0.2) is 0 Å². The van der Waals surface area contributed by atoms with Gasteiger partial charge in [-0.3, -0.25) is 4.79 Å². The van der Waals surface area contributed by atoms with Gasteiger partial charge in [0, 0.05) is 38.2 Å². The van der Waals surface area contributed by atoms with Crippen LogP contribution in [0.5, 0.6) is 0 Å². The number of fused-ring (bicyclic) bond motifs is 1. The zero-order valence-corrected chi connectivity index (χ0v) is 19.3. The maximum absolute atomic E-state index is 12.5. The summed E-state index contributed by atoms with van der Waals surface area (Å²) in [7, 11) is 0. The molecule has 0 aliphatic carbocycles. The predicted molar refractivity (Wildman–Crippen MR) is 129 cm³/mol. The fourth-order valence-corrected chi connectivity index (χ4v) is 4.16. The van der Waals surface area contributed by atoms with Crippen LogP contribution in [-0.4, -0.2) is 54.3 Å². The van der Waals surface area contributed by atoms with Crippen LogP contribution in [-0.2, 0) is 9.53 Å². The monoisotopic (exact) mass is 451 g/mol. The normalized spacial score (nSPS) is 20.9. The molecule has 1 heterocycles. The Balaban J connectivity index is 1.71. The molecular formula is C26H33N3O4. The number of anilines is 1. The number of benzene rings is 2. The molecule has 3 N–H and O–H groups in total. The van der Waals surface area contributed by atoms with Crippen molar-refractivity contribution in [2.45, 2.75) is 58.0 Å². The van der Waals surface area contributed by atoms with Gasteiger partial charge in [0.05, 0.1) is 12.2 Å². The smallest absolute Gasteiger partial charge is 0.262 e. The molecule has 2 aromatic carbocycles. The van der Waals surface area contributed by atoms with Crippen molar-refractivity contribution >= 4 is 28.4 Å². The lowest BCUT2D eigenvalue weighted by atomic mass is 10.0. The zero-order valence-electron chi connectivity index (χ0n) is 19.3. The number of carbonyl (C=O) groups is 1. The van der Waals surface area contributed by atoms with Crippen LogP contribution in [0.4, 0.5) is 5.69 Å². The van der Waals surface area contributed by atoms with E-state index in [0.29, 0.717) is 6.42 Å². The van der Waals surface area contributed by atoms with Gasteiger partial charge in [0.25, 0.3) is 5.91 Å². The number of aliphatic hydroxyl groups is 2. The molecule has 33 heavy (non-hydrogen) atoms. The Kier molecular flexibility index (Phi) is 8.84. The molecule has 1 fully saturated rings. The summed E-state index contributed by atoms with van der Waals surface area (Å²) < 4.78 is 5.32. The van der Waals surface area contributed by atoms with Crippen molar-refractivity contribution in [3.05, 3.63) is 47.5 Å². The fourth-order valence-electron chi connectivity index (χ4n) is 4.16. The molecule has 0 radical (unpaired) electrons. The third-order valence-corrected chi connectivity index (χ3v) is 5.72. The number of ether oxygens (including phenoxy) is 1. The molecule has 3 atom stereocenters. The summed E-state index contributed by atoms with van der Waals surface area (Å²) in [6.45, 7) is 6.51. The molecule has 0 spiro atoms. The molecule has 1 aliphatic heterocycles. The van der Waals surface area contributed by atoms with Crippen LogP contribution in [0.1, 0.15) is 45.1 Å². The minimum Gasteiger partial charge on any atom is -0.393 e. The average molecular weight is 452 g/mol. The van der Waals surface area contributed by atoms with Gasteiger partial charge >= 0.3 is 0 Å². The zero-order chi connectivity index (χ0) is 23.8. The van der Waals surface area contributed by atoms with E-state index in [-0.39, 0.29) is 18.5 Å². The summed E-state index contributed by atoms with van der Waals surface area (Å²) in [5.41, 5.74) is 1.95. The number of nitrogens with zero attached hydrogens (tertiary/aromatic N) is 2. The largest absolute Gasteiger partial charge is 0.393 e. The number of carbonyl (C=O) groups excluding carboxylic acids is 1. The first kappa shape index (κ1) is 24.7. The van der Waals surface area contributed by atoms with Gasteiger partial charge in [0.15, 0.2) is 6.29 Å². The molecule has 1 aliphatic rings. The first-order chi connectivity index (χ1) is 15.9. The molecule has 1 amide bonds. The van der Waals surface area contributed by atoms with Gasteiger partial charge in [0.1, 0.15) is 11.6 Å². The first-order valence-corrected chi connectivity index (χ1v) is 11.6. The Labute approximate surface area is 195 Å². The highest BCUT2D eigenvalue weighted by Gasteiger charge is 2.27. The Morgan fingerprint density at radius 3 is 2.52 bits per heavy atom. The summed E-state index contributed by atoms with van der Waals surface area (Å²) in [5.74, 6) is -0.513. The van der Waals surface area contributed by atoms with Crippen molar-refractivity contribution in [3.8, 4) is 6.07 Å². The highest BCUT2D eigenvalue weighted by atomic mass is 16.6. The van der Waals surface area contributed by atoms with Gasteiger partial charge in [-0.15, -0.1) is 0 Å². The van der Waals surface area contributed by atoms with E-state index < -0.39 is 24.4 Å². The van der Waals surface area contributed by atoms with Crippen molar-refractivity contribution in [1.29, 1.82) is 5.26 Å². The topological polar surface area (TPSA) is 106 Å². The second kappa shape index (κ2) is 11.8. The SMILES string of the molecule is CCCN(CCC)c1ccc2cc(/C=C(\C#N)C(=O)NCC3CC(O)CC(O)O3)ccc2c1. The second-order valence-electron chi connectivity index (χ2n) is 8.50. The summed E-state index contributed by atoms with van der Waals surface area (Å²) in [5, 5.41) is 33.6. The Morgan fingerprint density at radius 1 is 1.15 bits per heavy atom. The number of aliphatic hydroxyl groups excluding tert-OH is 2. The summed E-state index contributed by atoms with van der Waals surface area (Å²) in [4.78, 5) is 14.9. The van der Waals surface area contributed by atoms with Crippen molar-refractivity contribution in [2.24, 2.45) is 0 Å². The van der Waals surface area contributed by atoms with Crippen LogP contribution in [0.3, 0.4) is 0 Å². The molecule has 3 unspecified atom stereocenters. The minimum atomic E-state index is -1.05. The van der Waals surface area contributed by atoms with Gasteiger partial charge < -0.3 is 25.2 Å². The summed E-state index contributed by atoms with van der Waals surface area (Å²) in [6.07, 6.45) is 2.02. The lowest BCUT2D eigenvalue weighted by Crippen LogP contribution is -2.42. The Hall–Kier alpha value is -2.92. The quantitative estimate of drug-likeness (QED) is 0.399. The summed E-state index contributed by atoms with van der Waals surface area (Å²) >= 11 is 0. The number of hydrogen-bond donors (Lipinski definition) is 3. The maximum Gasteiger partial charge on any atom is 0.262 e. The standard InChI is InChI=1S/C26H33N3O4/c1-3-9-29(10-4-2)22-8-7-19-11-18(5-6-20(19)13-22)12-21(16-27)26(32)28-17-24-14-23(30)15-25(31)33-24/h5-8,11-13,23-25,30-31H,3-4,9-10,14-15,17H2,1-2H3,(H,28,32)/b21-12+. The maximum atomic E-state index is 12.5. The molecule has 0 bridgehead atoms. The Bertz CT molecular complexity index is 1010. The molecule has 1 saturated heterocycles. The van der Waals surface area contributed by atoms with E-state index in [4.69, 9.17) is 4.74 Å². The van der Waals surface area contributed by atoms with E-state index in [1.54, 1.807) is 6.08 Å². The van der Waals surface area contributed by atoms with Crippen LogP contribution in [0.15, 0.2) is 42.0 Å². The van der Waals surface area contributed by atoms with Crippen LogP contribution in [0.25, 0.3) is 16.8 Å². The van der Waals surface area contributed by atoms with Gasteiger partial charge in [0.2, 0.25) is 0 Å². The molecule has 2 aromatic rings. The van der Waals surface area contributed by atoms with Crippen LogP contribution < -0.4 is 10.2 Å². The van der Waals surface area contributed by atoms with Crippen molar-refractivity contribution in [1.82, 2.24) is 5.32 Å².